The Bertz CT molecular complexity index is 410. The van der Waals surface area contributed by atoms with Gasteiger partial charge in [-0.1, -0.05) is 25.1 Å². The van der Waals surface area contributed by atoms with Crippen LogP contribution in [0.3, 0.4) is 0 Å². The molecule has 1 rings (SSSR count). The van der Waals surface area contributed by atoms with E-state index < -0.39 is 18.8 Å². The fourth-order valence-electron chi connectivity index (χ4n) is 1.81. The number of benzene rings is 1. The van der Waals surface area contributed by atoms with E-state index in [0.717, 1.165) is 10.5 Å². The molecule has 0 aromatic heterocycles. The number of alkyl halides is 3. The summed E-state index contributed by atoms with van der Waals surface area (Å²) >= 11 is 0. The van der Waals surface area contributed by atoms with Crippen molar-refractivity contribution in [2.24, 2.45) is 0 Å². The molecule has 0 fully saturated rings. The molecule has 1 unspecified atom stereocenters. The summed E-state index contributed by atoms with van der Waals surface area (Å²) in [5.41, 5.74) is 0.919. The smallest absolute Gasteiger partial charge is 0.401 e. The normalized spacial score (nSPS) is 13.6. The zero-order valence-corrected chi connectivity index (χ0v) is 11.7. The molecule has 1 atom stereocenters. The number of hydrogen-bond donors (Lipinski definition) is 1. The lowest BCUT2D eigenvalue weighted by Crippen LogP contribution is -2.40. The summed E-state index contributed by atoms with van der Waals surface area (Å²) in [6.07, 6.45) is -5.22. The van der Waals surface area contributed by atoms with Gasteiger partial charge in [0.2, 0.25) is 0 Å². The van der Waals surface area contributed by atoms with Gasteiger partial charge < -0.3 is 9.84 Å². The van der Waals surface area contributed by atoms with Crippen LogP contribution in [0.15, 0.2) is 24.3 Å². The molecule has 0 aliphatic rings. The lowest BCUT2D eigenvalue weighted by molar-refractivity contribution is -0.148. The molecule has 0 aliphatic carbocycles. The van der Waals surface area contributed by atoms with E-state index in [1.165, 1.54) is 0 Å². The average molecular weight is 291 g/mol. The summed E-state index contributed by atoms with van der Waals surface area (Å²) in [6, 6.07) is 7.29. The van der Waals surface area contributed by atoms with Crippen LogP contribution < -0.4 is 4.74 Å². The van der Waals surface area contributed by atoms with Gasteiger partial charge >= 0.3 is 6.18 Å². The molecule has 1 aromatic rings. The molecule has 0 radical (unpaired) electrons. The molecule has 0 saturated heterocycles. The Morgan fingerprint density at radius 2 is 1.95 bits per heavy atom. The third-order valence-electron chi connectivity index (χ3n) is 2.84. The van der Waals surface area contributed by atoms with Crippen molar-refractivity contribution >= 4 is 0 Å². The van der Waals surface area contributed by atoms with E-state index in [2.05, 4.69) is 0 Å². The van der Waals surface area contributed by atoms with E-state index in [4.69, 9.17) is 4.74 Å². The Morgan fingerprint density at radius 3 is 2.50 bits per heavy atom. The van der Waals surface area contributed by atoms with Crippen LogP contribution in [0.4, 0.5) is 13.2 Å². The van der Waals surface area contributed by atoms with Crippen molar-refractivity contribution in [2.75, 3.05) is 26.2 Å². The standard InChI is InChI=1S/C14H20F3NO2/c1-3-18(10-14(15,16)17)8-12(19)9-20-13-7-5-4-6-11(13)2/h4-7,12,19H,3,8-10H2,1-2H3. The van der Waals surface area contributed by atoms with Crippen LogP contribution in [-0.2, 0) is 0 Å². The zero-order chi connectivity index (χ0) is 15.2. The van der Waals surface area contributed by atoms with Gasteiger partial charge in [0.1, 0.15) is 18.5 Å². The minimum absolute atomic E-state index is 0.0286. The van der Waals surface area contributed by atoms with Crippen molar-refractivity contribution in [3.05, 3.63) is 29.8 Å². The van der Waals surface area contributed by atoms with Crippen LogP contribution in [0.2, 0.25) is 0 Å². The van der Waals surface area contributed by atoms with Gasteiger partial charge in [-0.2, -0.15) is 13.2 Å². The molecule has 0 saturated carbocycles. The Labute approximate surface area is 117 Å². The fourth-order valence-corrected chi connectivity index (χ4v) is 1.81. The minimum Gasteiger partial charge on any atom is -0.491 e. The van der Waals surface area contributed by atoms with Crippen LogP contribution in [0.25, 0.3) is 0 Å². The van der Waals surface area contributed by atoms with E-state index in [-0.39, 0.29) is 19.7 Å². The molecule has 20 heavy (non-hydrogen) atoms. The number of rotatable bonds is 7. The Balaban J connectivity index is 2.43. The van der Waals surface area contributed by atoms with Crippen LogP contribution in [-0.4, -0.2) is 48.5 Å². The highest BCUT2D eigenvalue weighted by atomic mass is 19.4. The number of para-hydroxylation sites is 1. The van der Waals surface area contributed by atoms with Crippen molar-refractivity contribution in [1.82, 2.24) is 4.90 Å². The van der Waals surface area contributed by atoms with Crippen LogP contribution >= 0.6 is 0 Å². The number of ether oxygens (including phenoxy) is 1. The van der Waals surface area contributed by atoms with E-state index in [1.54, 1.807) is 19.1 Å². The molecule has 0 spiro atoms. The van der Waals surface area contributed by atoms with E-state index in [0.29, 0.717) is 5.75 Å². The monoisotopic (exact) mass is 291 g/mol. The lowest BCUT2D eigenvalue weighted by Gasteiger charge is -2.24. The topological polar surface area (TPSA) is 32.7 Å². The van der Waals surface area contributed by atoms with E-state index in [9.17, 15) is 18.3 Å². The van der Waals surface area contributed by atoms with Crippen molar-refractivity contribution in [1.29, 1.82) is 0 Å². The summed E-state index contributed by atoms with van der Waals surface area (Å²) < 4.78 is 42.3. The molecule has 1 N–H and O–H groups in total. The lowest BCUT2D eigenvalue weighted by atomic mass is 10.2. The highest BCUT2D eigenvalue weighted by Crippen LogP contribution is 2.18. The number of likely N-dealkylation sites (N-methyl/N-ethyl adjacent to an activating group) is 1. The quantitative estimate of drug-likeness (QED) is 0.838. The third-order valence-corrected chi connectivity index (χ3v) is 2.84. The minimum atomic E-state index is -4.26. The maximum Gasteiger partial charge on any atom is 0.401 e. The van der Waals surface area contributed by atoms with Crippen LogP contribution in [0.1, 0.15) is 12.5 Å². The molecular formula is C14H20F3NO2. The summed E-state index contributed by atoms with van der Waals surface area (Å²) in [5.74, 6) is 0.630. The van der Waals surface area contributed by atoms with Crippen LogP contribution in [0, 0.1) is 6.92 Å². The van der Waals surface area contributed by atoms with Gasteiger partial charge in [-0.3, -0.25) is 4.90 Å². The largest absolute Gasteiger partial charge is 0.491 e. The average Bonchev–Trinajstić information content (AvgIpc) is 2.35. The van der Waals surface area contributed by atoms with Gasteiger partial charge in [-0.25, -0.2) is 0 Å². The second kappa shape index (κ2) is 7.50. The molecule has 1 aromatic carbocycles. The third kappa shape index (κ3) is 6.25. The first kappa shape index (κ1) is 16.8. The van der Waals surface area contributed by atoms with Gasteiger partial charge in [0, 0.05) is 6.54 Å². The molecular weight excluding hydrogens is 271 g/mol. The van der Waals surface area contributed by atoms with Crippen molar-refractivity contribution in [3.63, 3.8) is 0 Å². The number of aliphatic hydroxyl groups is 1. The van der Waals surface area contributed by atoms with Gasteiger partial charge in [0.15, 0.2) is 0 Å². The number of aliphatic hydroxyl groups excluding tert-OH is 1. The summed E-state index contributed by atoms with van der Waals surface area (Å²) in [5, 5.41) is 9.77. The van der Waals surface area contributed by atoms with Crippen molar-refractivity contribution in [2.45, 2.75) is 26.1 Å². The summed E-state index contributed by atoms with van der Waals surface area (Å²) in [6.45, 7) is 2.59. The number of hydrogen-bond acceptors (Lipinski definition) is 3. The summed E-state index contributed by atoms with van der Waals surface area (Å²) in [7, 11) is 0. The first-order valence-electron chi connectivity index (χ1n) is 6.47. The molecule has 6 heteroatoms. The number of aryl methyl sites for hydroxylation is 1. The predicted molar refractivity (Wildman–Crippen MR) is 70.8 cm³/mol. The maximum atomic E-state index is 12.3. The molecule has 0 heterocycles. The van der Waals surface area contributed by atoms with Gasteiger partial charge in [-0.15, -0.1) is 0 Å². The number of nitrogens with zero attached hydrogens (tertiary/aromatic N) is 1. The van der Waals surface area contributed by atoms with Crippen molar-refractivity contribution < 1.29 is 23.0 Å². The second-order valence-electron chi connectivity index (χ2n) is 4.67. The first-order valence-corrected chi connectivity index (χ1v) is 6.47. The Morgan fingerprint density at radius 1 is 1.30 bits per heavy atom. The molecule has 114 valence electrons. The van der Waals surface area contributed by atoms with Crippen LogP contribution in [0.5, 0.6) is 5.75 Å². The molecule has 0 bridgehead atoms. The zero-order valence-electron chi connectivity index (χ0n) is 11.7. The van der Waals surface area contributed by atoms with Gasteiger partial charge in [-0.05, 0) is 25.1 Å². The molecule has 0 amide bonds. The highest BCUT2D eigenvalue weighted by molar-refractivity contribution is 5.31. The Hall–Kier alpha value is -1.27. The van der Waals surface area contributed by atoms with Gasteiger partial charge in [0.25, 0.3) is 0 Å². The maximum absolute atomic E-state index is 12.3. The SMILES string of the molecule is CCN(CC(O)COc1ccccc1C)CC(F)(F)F. The Kier molecular flexibility index (Phi) is 6.29. The van der Waals surface area contributed by atoms with E-state index in [1.807, 2.05) is 19.1 Å². The van der Waals surface area contributed by atoms with Gasteiger partial charge in [0.05, 0.1) is 6.54 Å². The predicted octanol–water partition coefficient (Wildman–Crippen LogP) is 2.62. The number of halogens is 3. The van der Waals surface area contributed by atoms with Crippen molar-refractivity contribution in [3.8, 4) is 5.75 Å². The molecule has 0 aliphatic heterocycles. The second-order valence-corrected chi connectivity index (χ2v) is 4.67. The summed E-state index contributed by atoms with van der Waals surface area (Å²) in [4.78, 5) is 1.14. The highest BCUT2D eigenvalue weighted by Gasteiger charge is 2.30. The first-order chi connectivity index (χ1) is 9.31. The fraction of sp³-hybridized carbons (Fsp3) is 0.571. The van der Waals surface area contributed by atoms with E-state index >= 15 is 0 Å². The molecule has 3 nitrogen and oxygen atoms in total.